The van der Waals surface area contributed by atoms with E-state index in [1.807, 2.05) is 0 Å². The van der Waals surface area contributed by atoms with Crippen LogP contribution in [0.1, 0.15) is 25.8 Å². The Hall–Kier alpha value is -3.18. The molecule has 0 radical (unpaired) electrons. The first-order chi connectivity index (χ1) is 17.6. The Morgan fingerprint density at radius 3 is 2.33 bits per heavy atom. The van der Waals surface area contributed by atoms with Gasteiger partial charge < -0.3 is 20.5 Å². The summed E-state index contributed by atoms with van der Waals surface area (Å²) >= 11 is 0. The molecular formula is C22H27F6N3O7S. The van der Waals surface area contributed by atoms with Gasteiger partial charge in [0.15, 0.2) is 11.6 Å². The molecule has 2 fully saturated rings. The van der Waals surface area contributed by atoms with Gasteiger partial charge in [0.1, 0.15) is 12.1 Å². The van der Waals surface area contributed by atoms with Crippen LogP contribution in [0.4, 0.5) is 26.3 Å². The van der Waals surface area contributed by atoms with Gasteiger partial charge in [0.25, 0.3) is 6.47 Å². The first-order valence-electron chi connectivity index (χ1n) is 10.8. The van der Waals surface area contributed by atoms with Crippen molar-refractivity contribution >= 4 is 28.4 Å². The second-order valence-corrected chi connectivity index (χ2v) is 10.3. The zero-order chi connectivity index (χ0) is 28.8. The molecule has 1 amide bonds. The third kappa shape index (κ3) is 8.66. The minimum absolute atomic E-state index is 0. The summed E-state index contributed by atoms with van der Waals surface area (Å²) < 4.78 is 106. The molecule has 1 aromatic rings. The van der Waals surface area contributed by atoms with Crippen molar-refractivity contribution in [2.45, 2.75) is 44.3 Å². The van der Waals surface area contributed by atoms with Gasteiger partial charge in [-0.2, -0.15) is 17.5 Å². The second-order valence-electron chi connectivity index (χ2n) is 8.37. The Labute approximate surface area is 220 Å². The third-order valence-electron chi connectivity index (χ3n) is 5.82. The molecule has 0 saturated carbocycles. The number of rotatable bonds is 8. The number of benzene rings is 1. The highest BCUT2D eigenvalue weighted by Gasteiger charge is 2.55. The van der Waals surface area contributed by atoms with Gasteiger partial charge >= 0.3 is 21.5 Å². The summed E-state index contributed by atoms with van der Waals surface area (Å²) in [6.45, 7) is -0.423. The van der Waals surface area contributed by atoms with Crippen LogP contribution >= 0.6 is 0 Å². The van der Waals surface area contributed by atoms with Gasteiger partial charge in [-0.3, -0.25) is 9.59 Å². The standard InChI is InChI=1S/C17H19F6N3O3S.C4H4O4.CH4/c18-12-6-14(20)13(19)4-10(12)3-11(24)5-16(27)26-2-1-9-7-25(8-15(9)26)30(28,29)17(21,22)23;5-3-8-2-1-4(6)7;/h4,6,9,11,15H,1-3,5,7-8,24H2;1-3H,(H,6,7);1H4/b;2-1+;/t9-,11+,15+;;/m0../s1. The molecule has 17 heteroatoms. The number of ether oxygens (including phenoxy) is 1. The maximum absolute atomic E-state index is 13.7. The fraction of sp³-hybridized carbons (Fsp3) is 0.500. The molecule has 39 heavy (non-hydrogen) atoms. The number of hydrogen-bond acceptors (Lipinski definition) is 7. The normalized spacial score (nSPS) is 20.0. The number of alkyl halides is 3. The predicted molar refractivity (Wildman–Crippen MR) is 123 cm³/mol. The molecule has 2 saturated heterocycles. The van der Waals surface area contributed by atoms with Crippen LogP contribution in [-0.4, -0.2) is 78.3 Å². The molecule has 0 bridgehead atoms. The molecule has 2 aliphatic heterocycles. The Bertz CT molecular complexity index is 1180. The highest BCUT2D eigenvalue weighted by atomic mass is 32.2. The van der Waals surface area contributed by atoms with Crippen molar-refractivity contribution < 1.29 is 59.0 Å². The lowest BCUT2D eigenvalue weighted by Crippen LogP contribution is -2.45. The van der Waals surface area contributed by atoms with Crippen LogP contribution in [0.25, 0.3) is 0 Å². The van der Waals surface area contributed by atoms with E-state index < -0.39 is 69.4 Å². The van der Waals surface area contributed by atoms with Crippen LogP contribution in [-0.2, 0) is 35.6 Å². The van der Waals surface area contributed by atoms with E-state index in [1.165, 1.54) is 4.90 Å². The number of aliphatic carboxylic acids is 1. The van der Waals surface area contributed by atoms with Gasteiger partial charge in [-0.1, -0.05) is 7.43 Å². The van der Waals surface area contributed by atoms with Crippen LogP contribution < -0.4 is 5.73 Å². The van der Waals surface area contributed by atoms with E-state index in [9.17, 15) is 49.1 Å². The predicted octanol–water partition coefficient (Wildman–Crippen LogP) is 2.14. The average Bonchev–Trinajstić information content (AvgIpc) is 3.38. The molecular weight excluding hydrogens is 564 g/mol. The maximum atomic E-state index is 13.7. The van der Waals surface area contributed by atoms with Crippen molar-refractivity contribution in [2.24, 2.45) is 11.7 Å². The van der Waals surface area contributed by atoms with Crippen molar-refractivity contribution in [3.05, 3.63) is 47.5 Å². The van der Waals surface area contributed by atoms with Crippen molar-refractivity contribution in [3.63, 3.8) is 0 Å². The summed E-state index contributed by atoms with van der Waals surface area (Å²) in [4.78, 5) is 32.8. The number of carbonyl (C=O) groups is 3. The SMILES string of the molecule is C.N[C@@H](CC(=O)N1CC[C@H]2CN(S(=O)(=O)C(F)(F)F)C[C@H]21)Cc1cc(F)c(F)cc1F.O=CO/C=C/C(=O)O. The van der Waals surface area contributed by atoms with Crippen LogP contribution in [0.15, 0.2) is 24.5 Å². The second kappa shape index (κ2) is 13.7. The van der Waals surface area contributed by atoms with Crippen LogP contribution in [0, 0.1) is 23.4 Å². The van der Waals surface area contributed by atoms with Gasteiger partial charge in [0.2, 0.25) is 5.91 Å². The Morgan fingerprint density at radius 2 is 1.77 bits per heavy atom. The smallest absolute Gasteiger partial charge is 0.478 e. The van der Waals surface area contributed by atoms with Gasteiger partial charge in [0.05, 0.1) is 6.08 Å². The van der Waals surface area contributed by atoms with E-state index in [2.05, 4.69) is 4.74 Å². The zero-order valence-electron chi connectivity index (χ0n) is 19.4. The van der Waals surface area contributed by atoms with E-state index in [0.29, 0.717) is 28.9 Å². The average molecular weight is 592 g/mol. The third-order valence-corrected chi connectivity index (χ3v) is 7.38. The lowest BCUT2D eigenvalue weighted by Gasteiger charge is -2.26. The first-order valence-corrected chi connectivity index (χ1v) is 12.3. The summed E-state index contributed by atoms with van der Waals surface area (Å²) in [7, 11) is -5.48. The first kappa shape index (κ1) is 33.8. The summed E-state index contributed by atoms with van der Waals surface area (Å²) in [5.41, 5.74) is 0.206. The largest absolute Gasteiger partial charge is 0.511 e. The minimum atomic E-state index is -5.48. The molecule has 10 nitrogen and oxygen atoms in total. The molecule has 0 unspecified atom stereocenters. The van der Waals surface area contributed by atoms with Crippen molar-refractivity contribution in [1.29, 1.82) is 0 Å². The molecule has 3 rings (SSSR count). The van der Waals surface area contributed by atoms with Gasteiger partial charge in [-0.25, -0.2) is 26.4 Å². The maximum Gasteiger partial charge on any atom is 0.511 e. The number of sulfonamides is 1. The highest BCUT2D eigenvalue weighted by Crippen LogP contribution is 2.37. The lowest BCUT2D eigenvalue weighted by atomic mass is 10.0. The number of halogens is 6. The fourth-order valence-corrected chi connectivity index (χ4v) is 5.15. The Morgan fingerprint density at radius 1 is 1.15 bits per heavy atom. The summed E-state index contributed by atoms with van der Waals surface area (Å²) in [5.74, 6) is -5.73. The van der Waals surface area contributed by atoms with Gasteiger partial charge in [-0.15, -0.1) is 0 Å². The number of nitrogens with two attached hydrogens (primary N) is 1. The molecule has 220 valence electrons. The van der Waals surface area contributed by atoms with E-state index in [-0.39, 0.29) is 45.4 Å². The minimum Gasteiger partial charge on any atom is -0.478 e. The zero-order valence-corrected chi connectivity index (χ0v) is 20.2. The number of nitrogens with zero attached hydrogens (tertiary/aromatic N) is 2. The number of carboxylic acids is 1. The van der Waals surface area contributed by atoms with E-state index in [1.54, 1.807) is 0 Å². The van der Waals surface area contributed by atoms with Crippen LogP contribution in [0.2, 0.25) is 0 Å². The van der Waals surface area contributed by atoms with E-state index in [0.717, 1.165) is 6.26 Å². The molecule has 1 aromatic carbocycles. The van der Waals surface area contributed by atoms with E-state index in [4.69, 9.17) is 10.8 Å². The summed E-state index contributed by atoms with van der Waals surface area (Å²) in [6, 6.07) is -0.634. The van der Waals surface area contributed by atoms with Crippen molar-refractivity contribution in [1.82, 2.24) is 9.21 Å². The molecule has 3 atom stereocenters. The molecule has 0 aromatic heterocycles. The summed E-state index contributed by atoms with van der Waals surface area (Å²) in [5, 5.41) is 7.86. The van der Waals surface area contributed by atoms with Gasteiger partial charge in [0, 0.05) is 44.2 Å². The quantitative estimate of drug-likeness (QED) is 0.154. The van der Waals surface area contributed by atoms with E-state index >= 15 is 0 Å². The number of likely N-dealkylation sites (tertiary alicyclic amines) is 1. The lowest BCUT2D eigenvalue weighted by molar-refractivity contribution is -0.133. The molecule has 0 spiro atoms. The topological polar surface area (TPSA) is 147 Å². The Kier molecular flexibility index (Phi) is 11.9. The van der Waals surface area contributed by atoms with Crippen molar-refractivity contribution in [3.8, 4) is 0 Å². The highest BCUT2D eigenvalue weighted by molar-refractivity contribution is 7.90. The number of hydrogen-bond donors (Lipinski definition) is 2. The van der Waals surface area contributed by atoms with Crippen LogP contribution in [0.5, 0.6) is 0 Å². The molecule has 2 aliphatic rings. The molecule has 2 heterocycles. The fourth-order valence-electron chi connectivity index (χ4n) is 4.12. The Balaban J connectivity index is 0.000000737. The number of amides is 1. The molecule has 0 aliphatic carbocycles. The van der Waals surface area contributed by atoms with Crippen molar-refractivity contribution in [2.75, 3.05) is 19.6 Å². The number of carbonyl (C=O) groups excluding carboxylic acids is 2. The monoisotopic (exact) mass is 591 g/mol. The number of fused-ring (bicyclic) bond motifs is 1. The van der Waals surface area contributed by atoms with Crippen LogP contribution in [0.3, 0.4) is 0 Å². The van der Waals surface area contributed by atoms with Gasteiger partial charge in [-0.05, 0) is 30.4 Å². The summed E-state index contributed by atoms with van der Waals surface area (Å²) in [6.07, 6.45) is 1.27. The number of carboxylic acid groups (broad SMARTS) is 1. The molecule has 3 N–H and O–H groups in total.